The molecule has 3 N–H and O–H groups in total. The van der Waals surface area contributed by atoms with Crippen molar-refractivity contribution < 1.29 is 37.1 Å². The number of carbonyl (C=O) groups excluding carboxylic acids is 4. The number of hydrogen-bond acceptors (Lipinski definition) is 10. The third-order valence-corrected chi connectivity index (χ3v) is 12.6. The SMILES string of the molecule is C=C[C@@H]1C[C@@]1(C(=O)NS(=O)(=O)C1CC1)N(C(=O)[C@H](Nc1cccc(C(=O)NC)c1)C(C)(C)C)C(=O)N1C[C@H](Oc2ncc(OC)c3ccc(Cl)cc23)CC1C. The largest absolute Gasteiger partial charge is 0.494 e. The summed E-state index contributed by atoms with van der Waals surface area (Å²) >= 11 is 6.34. The molecule has 3 aliphatic rings. The van der Waals surface area contributed by atoms with Gasteiger partial charge in [0.05, 0.1) is 25.1 Å². The fourth-order valence-corrected chi connectivity index (χ4v) is 8.73. The summed E-state index contributed by atoms with van der Waals surface area (Å²) in [7, 11) is -1.01. The number of amides is 5. The van der Waals surface area contributed by atoms with E-state index in [1.807, 2.05) is 6.92 Å². The molecule has 294 valence electrons. The van der Waals surface area contributed by atoms with E-state index in [4.69, 9.17) is 21.1 Å². The predicted octanol–water partition coefficient (Wildman–Crippen LogP) is 5.13. The number of pyridine rings is 1. The molecule has 0 spiro atoms. The standard InChI is InChI=1S/C39H47ClN6O8S/c1-8-24-19-39(24,36(49)44-55(51,52)28-13-14-28)46(35(48)32(38(3,4)5)43-26-11-9-10-23(17-26)33(47)41-6)37(50)45-21-27(16-22(45)2)54-34-30-18-25(40)12-15-29(30)31(53-7)20-42-34/h8-12,15,17-18,20,22,24,27-28,32,43H,1,13-14,16,19,21H2,2-7H3,(H,41,47)(H,44,49)/t22?,24-,27-,32+,39-/m1/s1. The Morgan fingerprint density at radius 1 is 1.13 bits per heavy atom. The number of nitrogens with one attached hydrogen (secondary N) is 3. The fraction of sp³-hybridized carbons (Fsp3) is 0.462. The number of fused-ring (bicyclic) bond motifs is 1. The van der Waals surface area contributed by atoms with E-state index in [0.29, 0.717) is 46.7 Å². The van der Waals surface area contributed by atoms with Crippen molar-refractivity contribution in [2.75, 3.05) is 26.0 Å². The van der Waals surface area contributed by atoms with E-state index in [-0.39, 0.29) is 24.8 Å². The van der Waals surface area contributed by atoms with Crippen LogP contribution >= 0.6 is 11.6 Å². The molecule has 0 bridgehead atoms. The molecule has 2 saturated carbocycles. The van der Waals surface area contributed by atoms with E-state index in [9.17, 15) is 18.0 Å². The first-order valence-electron chi connectivity index (χ1n) is 18.2. The number of halogens is 1. The number of anilines is 1. The minimum absolute atomic E-state index is 0.0202. The average molecular weight is 795 g/mol. The number of urea groups is 1. The number of rotatable bonds is 12. The highest BCUT2D eigenvalue weighted by Gasteiger charge is 2.68. The molecule has 1 unspecified atom stereocenters. The maximum absolute atomic E-state index is 15.2. The molecule has 2 aliphatic carbocycles. The van der Waals surface area contributed by atoms with Crippen molar-refractivity contribution in [3.63, 3.8) is 0 Å². The van der Waals surface area contributed by atoms with E-state index in [0.717, 1.165) is 10.3 Å². The highest BCUT2D eigenvalue weighted by atomic mass is 35.5. The number of aromatic nitrogens is 1. The van der Waals surface area contributed by atoms with Gasteiger partial charge in [-0.1, -0.05) is 44.5 Å². The van der Waals surface area contributed by atoms with Gasteiger partial charge >= 0.3 is 6.03 Å². The van der Waals surface area contributed by atoms with Crippen LogP contribution in [0.25, 0.3) is 10.8 Å². The number of carbonyl (C=O) groups is 4. The van der Waals surface area contributed by atoms with E-state index in [1.165, 1.54) is 31.3 Å². The molecule has 1 aromatic heterocycles. The quantitative estimate of drug-likeness (QED) is 0.209. The number of likely N-dealkylation sites (tertiary alicyclic amines) is 1. The monoisotopic (exact) mass is 794 g/mol. The number of methoxy groups -OCH3 is 1. The fourth-order valence-electron chi connectivity index (χ4n) is 7.20. The lowest BCUT2D eigenvalue weighted by atomic mass is 9.85. The van der Waals surface area contributed by atoms with E-state index in [1.54, 1.807) is 63.2 Å². The number of sulfonamides is 1. The zero-order chi connectivity index (χ0) is 40.0. The summed E-state index contributed by atoms with van der Waals surface area (Å²) in [6.07, 6.45) is 3.59. The van der Waals surface area contributed by atoms with Crippen LogP contribution in [0.4, 0.5) is 10.5 Å². The summed E-state index contributed by atoms with van der Waals surface area (Å²) < 4.78 is 40.3. The van der Waals surface area contributed by atoms with Crippen molar-refractivity contribution in [3.05, 3.63) is 71.9 Å². The first-order valence-corrected chi connectivity index (χ1v) is 20.1. The van der Waals surface area contributed by atoms with Crippen LogP contribution < -0.4 is 24.8 Å². The lowest BCUT2D eigenvalue weighted by Crippen LogP contribution is -2.64. The molecule has 55 heavy (non-hydrogen) atoms. The van der Waals surface area contributed by atoms with Gasteiger partial charge in [-0.15, -0.1) is 6.58 Å². The number of hydrogen-bond donors (Lipinski definition) is 3. The molecular weight excluding hydrogens is 748 g/mol. The number of ether oxygens (including phenoxy) is 2. The molecule has 0 radical (unpaired) electrons. The van der Waals surface area contributed by atoms with Gasteiger partial charge < -0.3 is 25.0 Å². The van der Waals surface area contributed by atoms with Crippen molar-refractivity contribution in [3.8, 4) is 11.6 Å². The van der Waals surface area contributed by atoms with E-state index < -0.39 is 68.2 Å². The average Bonchev–Trinajstić information content (AvgIpc) is 4.07. The van der Waals surface area contributed by atoms with Gasteiger partial charge in [-0.05, 0) is 68.0 Å². The highest BCUT2D eigenvalue weighted by molar-refractivity contribution is 7.91. The Morgan fingerprint density at radius 2 is 1.85 bits per heavy atom. The van der Waals surface area contributed by atoms with Crippen LogP contribution in [0.5, 0.6) is 11.6 Å². The summed E-state index contributed by atoms with van der Waals surface area (Å²) in [5, 5.41) is 6.89. The van der Waals surface area contributed by atoms with Gasteiger partial charge in [0.1, 0.15) is 23.4 Å². The Kier molecular flexibility index (Phi) is 10.8. The minimum Gasteiger partial charge on any atom is -0.494 e. The van der Waals surface area contributed by atoms with Crippen molar-refractivity contribution in [1.82, 2.24) is 24.8 Å². The number of benzene rings is 2. The van der Waals surface area contributed by atoms with E-state index >= 15 is 9.59 Å². The molecule has 5 amide bonds. The van der Waals surface area contributed by atoms with Gasteiger partial charge in [0.25, 0.3) is 17.7 Å². The van der Waals surface area contributed by atoms with Gasteiger partial charge in [-0.25, -0.2) is 23.1 Å². The van der Waals surface area contributed by atoms with Crippen LogP contribution in [0, 0.1) is 11.3 Å². The smallest absolute Gasteiger partial charge is 0.328 e. The Morgan fingerprint density at radius 3 is 2.47 bits per heavy atom. The highest BCUT2D eigenvalue weighted by Crippen LogP contribution is 2.52. The molecule has 6 rings (SSSR count). The third kappa shape index (κ3) is 7.81. The van der Waals surface area contributed by atoms with Gasteiger partial charge in [-0.3, -0.25) is 19.1 Å². The van der Waals surface area contributed by atoms with Gasteiger partial charge in [0, 0.05) is 52.5 Å². The second-order valence-corrected chi connectivity index (χ2v) is 17.9. The summed E-state index contributed by atoms with van der Waals surface area (Å²) in [6, 6.07) is 9.42. The molecule has 1 aliphatic heterocycles. The van der Waals surface area contributed by atoms with Crippen molar-refractivity contribution in [1.29, 1.82) is 0 Å². The Labute approximate surface area is 326 Å². The van der Waals surface area contributed by atoms with Crippen molar-refractivity contribution in [2.24, 2.45) is 11.3 Å². The van der Waals surface area contributed by atoms with Crippen LogP contribution in [0.1, 0.15) is 63.7 Å². The van der Waals surface area contributed by atoms with Crippen molar-refractivity contribution in [2.45, 2.75) is 82.4 Å². The van der Waals surface area contributed by atoms with Gasteiger partial charge in [0.2, 0.25) is 15.9 Å². The summed E-state index contributed by atoms with van der Waals surface area (Å²) in [5.41, 5.74) is -1.97. The lowest BCUT2D eigenvalue weighted by Gasteiger charge is -2.40. The molecule has 16 heteroatoms. The molecule has 1 saturated heterocycles. The molecule has 14 nitrogen and oxygen atoms in total. The zero-order valence-electron chi connectivity index (χ0n) is 31.7. The first-order chi connectivity index (χ1) is 25.9. The third-order valence-electron chi connectivity index (χ3n) is 10.5. The molecular formula is C39H47ClN6O8S. The Balaban J connectivity index is 1.37. The van der Waals surface area contributed by atoms with Gasteiger partial charge in [0.15, 0.2) is 0 Å². The van der Waals surface area contributed by atoms with Crippen LogP contribution in [-0.4, -0.2) is 96.6 Å². The Hall–Kier alpha value is -4.89. The van der Waals surface area contributed by atoms with Gasteiger partial charge in [-0.2, -0.15) is 0 Å². The molecule has 5 atom stereocenters. The topological polar surface area (TPSA) is 176 Å². The number of imide groups is 1. The maximum atomic E-state index is 15.2. The first kappa shape index (κ1) is 39.8. The van der Waals surface area contributed by atoms with Crippen molar-refractivity contribution >= 4 is 61.8 Å². The maximum Gasteiger partial charge on any atom is 0.328 e. The van der Waals surface area contributed by atoms with E-state index in [2.05, 4.69) is 26.9 Å². The zero-order valence-corrected chi connectivity index (χ0v) is 33.3. The second-order valence-electron chi connectivity index (χ2n) is 15.5. The summed E-state index contributed by atoms with van der Waals surface area (Å²) in [6.45, 7) is 11.1. The normalized spacial score (nSPS) is 22.7. The number of nitrogens with zero attached hydrogens (tertiary/aromatic N) is 3. The lowest BCUT2D eigenvalue weighted by molar-refractivity contribution is -0.141. The molecule has 3 aromatic rings. The van der Waals surface area contributed by atoms with Crippen LogP contribution in [0.3, 0.4) is 0 Å². The summed E-state index contributed by atoms with van der Waals surface area (Å²) in [5.74, 6) is -1.97. The second kappa shape index (κ2) is 15.0. The molecule has 3 fully saturated rings. The predicted molar refractivity (Wildman–Crippen MR) is 209 cm³/mol. The van der Waals surface area contributed by atoms with Crippen LogP contribution in [-0.2, 0) is 19.6 Å². The molecule has 2 aromatic carbocycles. The Bertz CT molecular complexity index is 2150. The minimum atomic E-state index is -4.05. The summed E-state index contributed by atoms with van der Waals surface area (Å²) in [4.78, 5) is 63.8. The molecule has 2 heterocycles. The van der Waals surface area contributed by atoms with Crippen LogP contribution in [0.2, 0.25) is 5.02 Å². The van der Waals surface area contributed by atoms with Crippen LogP contribution in [0.15, 0.2) is 61.3 Å².